The van der Waals surface area contributed by atoms with Crippen LogP contribution >= 0.6 is 0 Å². The zero-order chi connectivity index (χ0) is 25.4. The maximum atomic E-state index is 12.9. The lowest BCUT2D eigenvalue weighted by molar-refractivity contribution is -0.137. The summed E-state index contributed by atoms with van der Waals surface area (Å²) in [6.07, 6.45) is -4.46. The van der Waals surface area contributed by atoms with Crippen molar-refractivity contribution in [3.8, 4) is 0 Å². The number of anilines is 2. The highest BCUT2D eigenvalue weighted by Gasteiger charge is 2.30. The van der Waals surface area contributed by atoms with Crippen LogP contribution in [-0.4, -0.2) is 72.0 Å². The Hall–Kier alpha value is -2.70. The molecule has 0 heterocycles. The number of para-hydroxylation sites is 1. The first-order valence-corrected chi connectivity index (χ1v) is 11.1. The molecule has 8 nitrogen and oxygen atoms in total. The first kappa shape index (κ1) is 28.5. The number of benzene rings is 2. The second-order valence-corrected chi connectivity index (χ2v) is 7.12. The number of alkyl halides is 3. The monoisotopic (exact) mass is 500 g/mol. The minimum atomic E-state index is -4.46. The van der Waals surface area contributed by atoms with Crippen LogP contribution in [0.2, 0.25) is 0 Å². The Morgan fingerprint density at radius 2 is 1.34 bits per heavy atom. The van der Waals surface area contributed by atoms with Crippen LogP contribution < -0.4 is 11.1 Å². The lowest BCUT2D eigenvalue weighted by atomic mass is 10.1. The quantitative estimate of drug-likeness (QED) is 0.251. The minimum absolute atomic E-state index is 0.0165. The van der Waals surface area contributed by atoms with E-state index >= 15 is 0 Å². The summed E-state index contributed by atoms with van der Waals surface area (Å²) in [5.41, 5.74) is 5.25. The van der Waals surface area contributed by atoms with Crippen LogP contribution in [0.3, 0.4) is 0 Å². The van der Waals surface area contributed by atoms with Gasteiger partial charge in [0.15, 0.2) is 0 Å². The van der Waals surface area contributed by atoms with Gasteiger partial charge >= 0.3 is 12.1 Å². The number of nitrogens with one attached hydrogen (secondary N) is 1. The number of hydrogen-bond acceptors (Lipinski definition) is 8. The van der Waals surface area contributed by atoms with Crippen LogP contribution in [0.15, 0.2) is 48.5 Å². The Morgan fingerprint density at radius 1 is 0.771 bits per heavy atom. The van der Waals surface area contributed by atoms with Gasteiger partial charge in [-0.25, -0.2) is 4.79 Å². The van der Waals surface area contributed by atoms with Crippen molar-refractivity contribution in [1.82, 2.24) is 0 Å². The van der Waals surface area contributed by atoms with Crippen molar-refractivity contribution in [2.75, 3.05) is 71.3 Å². The molecule has 0 aliphatic carbocycles. The standard InChI is InChI=1S/C24H31F3N2O6/c25-24(26,27)19-4-3-5-20(18-19)29-22-7-2-1-6-21(22)23(30)35-17-16-34-15-14-33-13-12-32-11-10-31-9-8-28/h1-7,18,29H,8-17,28H2. The van der Waals surface area contributed by atoms with Gasteiger partial charge < -0.3 is 34.7 Å². The van der Waals surface area contributed by atoms with Gasteiger partial charge in [0.25, 0.3) is 0 Å². The second-order valence-electron chi connectivity index (χ2n) is 7.12. The molecule has 35 heavy (non-hydrogen) atoms. The van der Waals surface area contributed by atoms with E-state index in [-0.39, 0.29) is 24.5 Å². The number of esters is 1. The number of rotatable bonds is 17. The second kappa shape index (κ2) is 16.1. The van der Waals surface area contributed by atoms with Gasteiger partial charge in [-0.05, 0) is 30.3 Å². The summed E-state index contributed by atoms with van der Waals surface area (Å²) < 4.78 is 65.3. The Bertz CT molecular complexity index is 882. The fourth-order valence-corrected chi connectivity index (χ4v) is 2.82. The molecule has 11 heteroatoms. The van der Waals surface area contributed by atoms with E-state index < -0.39 is 17.7 Å². The van der Waals surface area contributed by atoms with Crippen molar-refractivity contribution in [3.63, 3.8) is 0 Å². The molecule has 0 saturated carbocycles. The predicted octanol–water partition coefficient (Wildman–Crippen LogP) is 3.63. The molecule has 0 amide bonds. The van der Waals surface area contributed by atoms with Gasteiger partial charge in [-0.15, -0.1) is 0 Å². The zero-order valence-electron chi connectivity index (χ0n) is 19.4. The number of hydrogen-bond donors (Lipinski definition) is 2. The highest BCUT2D eigenvalue weighted by Crippen LogP contribution is 2.32. The fraction of sp³-hybridized carbons (Fsp3) is 0.458. The third-order valence-corrected chi connectivity index (χ3v) is 4.45. The van der Waals surface area contributed by atoms with E-state index in [1.165, 1.54) is 18.2 Å². The lowest BCUT2D eigenvalue weighted by Crippen LogP contribution is -2.15. The number of ether oxygens (including phenoxy) is 5. The van der Waals surface area contributed by atoms with Gasteiger partial charge in [0.05, 0.1) is 69.7 Å². The molecule has 0 fully saturated rings. The summed E-state index contributed by atoms with van der Waals surface area (Å²) in [6.45, 7) is 3.70. The Morgan fingerprint density at radius 3 is 1.94 bits per heavy atom. The SMILES string of the molecule is NCCOCCOCCOCCOCCOC(=O)c1ccccc1Nc1cccc(C(F)(F)F)c1. The normalized spacial score (nSPS) is 11.4. The molecule has 2 aromatic rings. The summed E-state index contributed by atoms with van der Waals surface area (Å²) in [7, 11) is 0. The molecule has 194 valence electrons. The van der Waals surface area contributed by atoms with Gasteiger partial charge in [-0.3, -0.25) is 0 Å². The first-order valence-electron chi connectivity index (χ1n) is 11.1. The summed E-state index contributed by atoms with van der Waals surface area (Å²) in [6, 6.07) is 11.1. The van der Waals surface area contributed by atoms with Gasteiger partial charge in [0.1, 0.15) is 6.61 Å². The van der Waals surface area contributed by atoms with Gasteiger partial charge in [0, 0.05) is 12.2 Å². The van der Waals surface area contributed by atoms with Crippen LogP contribution in [0, 0.1) is 0 Å². The summed E-state index contributed by atoms with van der Waals surface area (Å²) >= 11 is 0. The summed E-state index contributed by atoms with van der Waals surface area (Å²) in [4.78, 5) is 12.4. The molecule has 3 N–H and O–H groups in total. The molecule has 0 spiro atoms. The molecule has 0 radical (unpaired) electrons. The molecule has 0 saturated heterocycles. The van der Waals surface area contributed by atoms with Crippen LogP contribution in [0.25, 0.3) is 0 Å². The van der Waals surface area contributed by atoms with Gasteiger partial charge in [-0.2, -0.15) is 13.2 Å². The van der Waals surface area contributed by atoms with E-state index in [1.807, 2.05) is 0 Å². The van der Waals surface area contributed by atoms with Crippen molar-refractivity contribution in [1.29, 1.82) is 0 Å². The molecule has 2 aromatic carbocycles. The highest BCUT2D eigenvalue weighted by atomic mass is 19.4. The van der Waals surface area contributed by atoms with Crippen molar-refractivity contribution >= 4 is 17.3 Å². The molecule has 0 aliphatic rings. The molecule has 0 aliphatic heterocycles. The van der Waals surface area contributed by atoms with E-state index in [9.17, 15) is 18.0 Å². The maximum absolute atomic E-state index is 12.9. The third-order valence-electron chi connectivity index (χ3n) is 4.45. The molecule has 0 unspecified atom stereocenters. The zero-order valence-corrected chi connectivity index (χ0v) is 19.4. The number of nitrogens with two attached hydrogens (primary N) is 1. The number of halogens is 3. The Kier molecular flexibility index (Phi) is 13.1. The minimum Gasteiger partial charge on any atom is -0.460 e. The van der Waals surface area contributed by atoms with Crippen LogP contribution in [0.5, 0.6) is 0 Å². The van der Waals surface area contributed by atoms with E-state index in [1.54, 1.807) is 18.2 Å². The predicted molar refractivity (Wildman–Crippen MR) is 124 cm³/mol. The van der Waals surface area contributed by atoms with Crippen molar-refractivity contribution in [2.24, 2.45) is 5.73 Å². The topological polar surface area (TPSA) is 101 Å². The van der Waals surface area contributed by atoms with E-state index in [0.29, 0.717) is 58.5 Å². The molecular formula is C24H31F3N2O6. The van der Waals surface area contributed by atoms with Crippen LogP contribution in [0.4, 0.5) is 24.5 Å². The molecule has 0 aromatic heterocycles. The summed E-state index contributed by atoms with van der Waals surface area (Å²) in [5, 5.41) is 2.85. The molecule has 0 bridgehead atoms. The number of carbonyl (C=O) groups excluding carboxylic acids is 1. The molecule has 2 rings (SSSR count). The van der Waals surface area contributed by atoms with Gasteiger partial charge in [0.2, 0.25) is 0 Å². The van der Waals surface area contributed by atoms with Crippen molar-refractivity contribution in [3.05, 3.63) is 59.7 Å². The van der Waals surface area contributed by atoms with Crippen LogP contribution in [0.1, 0.15) is 15.9 Å². The van der Waals surface area contributed by atoms with Crippen molar-refractivity contribution < 1.29 is 41.7 Å². The van der Waals surface area contributed by atoms with Gasteiger partial charge in [-0.1, -0.05) is 18.2 Å². The van der Waals surface area contributed by atoms with E-state index in [0.717, 1.165) is 12.1 Å². The first-order chi connectivity index (χ1) is 16.9. The Balaban J connectivity index is 1.64. The Labute approximate surface area is 202 Å². The largest absolute Gasteiger partial charge is 0.460 e. The van der Waals surface area contributed by atoms with E-state index in [2.05, 4.69) is 5.32 Å². The fourth-order valence-electron chi connectivity index (χ4n) is 2.82. The average Bonchev–Trinajstić information content (AvgIpc) is 2.84. The van der Waals surface area contributed by atoms with E-state index in [4.69, 9.17) is 29.4 Å². The lowest BCUT2D eigenvalue weighted by Gasteiger charge is -2.13. The maximum Gasteiger partial charge on any atom is 0.416 e. The highest BCUT2D eigenvalue weighted by molar-refractivity contribution is 5.96. The number of carbonyl (C=O) groups is 1. The average molecular weight is 501 g/mol. The third kappa shape index (κ3) is 11.5. The van der Waals surface area contributed by atoms with Crippen LogP contribution in [-0.2, 0) is 29.9 Å². The molecular weight excluding hydrogens is 469 g/mol. The smallest absolute Gasteiger partial charge is 0.416 e. The molecule has 0 atom stereocenters. The summed E-state index contributed by atoms with van der Waals surface area (Å²) in [5.74, 6) is -0.618. The van der Waals surface area contributed by atoms with Crippen molar-refractivity contribution in [2.45, 2.75) is 6.18 Å².